The van der Waals surface area contributed by atoms with E-state index < -0.39 is 41.4 Å². The highest BCUT2D eigenvalue weighted by atomic mass is 19.1. The van der Waals surface area contributed by atoms with Gasteiger partial charge in [0.05, 0.1) is 32.4 Å². The Hall–Kier alpha value is -3.67. The van der Waals surface area contributed by atoms with Crippen LogP contribution in [0.15, 0.2) is 66.5 Å². The topological polar surface area (TPSA) is 121 Å². The van der Waals surface area contributed by atoms with Gasteiger partial charge in [-0.25, -0.2) is 4.39 Å². The molecule has 10 nitrogen and oxygen atoms in total. The van der Waals surface area contributed by atoms with Crippen LogP contribution in [0.1, 0.15) is 32.8 Å². The Kier molecular flexibility index (Phi) is 12.4. The molecule has 0 aromatic heterocycles. The predicted molar refractivity (Wildman–Crippen MR) is 161 cm³/mol. The summed E-state index contributed by atoms with van der Waals surface area (Å²) >= 11 is 0. The second-order valence-electron chi connectivity index (χ2n) is 11.3. The summed E-state index contributed by atoms with van der Waals surface area (Å²) in [7, 11) is 1.53. The number of epoxide rings is 1. The molecular weight excluding hydrogens is 555 g/mol. The summed E-state index contributed by atoms with van der Waals surface area (Å²) < 4.78 is 24.4. The fourth-order valence-electron chi connectivity index (χ4n) is 4.74. The summed E-state index contributed by atoms with van der Waals surface area (Å²) in [5.41, 5.74) is 0.494. The maximum absolute atomic E-state index is 14.0. The minimum atomic E-state index is -1.09. The zero-order chi connectivity index (χ0) is 31.6. The van der Waals surface area contributed by atoms with Crippen molar-refractivity contribution in [3.05, 3.63) is 72.1 Å². The molecule has 234 valence electrons. The molecule has 1 aromatic rings. The normalized spacial score (nSPS) is 21.2. The highest BCUT2D eigenvalue weighted by Crippen LogP contribution is 2.30. The van der Waals surface area contributed by atoms with Crippen LogP contribution in [0.5, 0.6) is 0 Å². The fraction of sp³-hybridized carbons (Fsp3) is 0.500. The number of nitrogens with one attached hydrogen (secondary N) is 2. The molecule has 3 amide bonds. The van der Waals surface area contributed by atoms with Crippen molar-refractivity contribution in [2.45, 2.75) is 57.3 Å². The summed E-state index contributed by atoms with van der Waals surface area (Å²) in [6, 6.07) is 6.46. The summed E-state index contributed by atoms with van der Waals surface area (Å²) in [6.07, 6.45) is 4.09. The smallest absolute Gasteiger partial charge is 0.245 e. The molecule has 0 radical (unpaired) electrons. The quantitative estimate of drug-likeness (QED) is 0.234. The molecule has 1 aromatic carbocycles. The zero-order valence-electron chi connectivity index (χ0n) is 25.4. The van der Waals surface area contributed by atoms with Crippen LogP contribution in [-0.2, 0) is 35.1 Å². The van der Waals surface area contributed by atoms with Crippen molar-refractivity contribution in [1.29, 1.82) is 0 Å². The number of Topliss-reactive ketones (excluding diaryl/α,β-unsaturated/α-hetero) is 1. The molecule has 2 saturated heterocycles. The third-order valence-electron chi connectivity index (χ3n) is 7.59. The number of hydrogen-bond acceptors (Lipinski definition) is 7. The number of halogens is 1. The standard InChI is InChI=1S/C32H43FN4O6/c1-6-25(33)13-12-22(2)18-26(35-30(40)23(3)34-28(38)20-37-14-16-42-17-15-37)31(41)36(5)27(29(39)32(4)21-43-32)19-24-10-8-7-9-11-24/h6-13,23,26-27H,1,14-21H2,2-5H3,(H,34,38)(H,35,40)/b22-12+,25-13+. The van der Waals surface area contributed by atoms with Crippen LogP contribution in [-0.4, -0.2) is 104 Å². The molecule has 3 rings (SSSR count). The number of nitrogens with zero attached hydrogens (tertiary/aromatic N) is 2. The van der Waals surface area contributed by atoms with Gasteiger partial charge in [-0.2, -0.15) is 0 Å². The minimum absolute atomic E-state index is 0.0459. The van der Waals surface area contributed by atoms with Crippen molar-refractivity contribution in [2.75, 3.05) is 46.5 Å². The Bertz CT molecular complexity index is 1220. The minimum Gasteiger partial charge on any atom is -0.379 e. The Labute approximate surface area is 252 Å². The second-order valence-corrected chi connectivity index (χ2v) is 11.3. The first-order chi connectivity index (χ1) is 20.4. The number of hydrogen-bond donors (Lipinski definition) is 2. The monoisotopic (exact) mass is 598 g/mol. The van der Waals surface area contributed by atoms with Crippen molar-refractivity contribution in [3.63, 3.8) is 0 Å². The highest BCUT2D eigenvalue weighted by molar-refractivity contribution is 5.98. The molecule has 2 N–H and O–H groups in total. The van der Waals surface area contributed by atoms with Gasteiger partial charge < -0.3 is 25.0 Å². The number of allylic oxidation sites excluding steroid dienone is 4. The number of amides is 3. The van der Waals surface area contributed by atoms with E-state index in [4.69, 9.17) is 9.47 Å². The number of carbonyl (C=O) groups excluding carboxylic acids is 4. The van der Waals surface area contributed by atoms with Crippen molar-refractivity contribution in [1.82, 2.24) is 20.4 Å². The Morgan fingerprint density at radius 2 is 1.79 bits per heavy atom. The molecule has 2 heterocycles. The van der Waals surface area contributed by atoms with Crippen LogP contribution in [0, 0.1) is 0 Å². The number of likely N-dealkylation sites (N-methyl/N-ethyl adjacent to an activating group) is 1. The number of rotatable bonds is 15. The van der Waals surface area contributed by atoms with E-state index in [0.717, 1.165) is 11.6 Å². The van der Waals surface area contributed by atoms with E-state index in [2.05, 4.69) is 17.2 Å². The first-order valence-corrected chi connectivity index (χ1v) is 14.5. The largest absolute Gasteiger partial charge is 0.379 e. The molecule has 4 unspecified atom stereocenters. The summed E-state index contributed by atoms with van der Waals surface area (Å²) in [5, 5.41) is 5.44. The first kappa shape index (κ1) is 33.8. The van der Waals surface area contributed by atoms with Gasteiger partial charge in [0.1, 0.15) is 23.5 Å². The van der Waals surface area contributed by atoms with Gasteiger partial charge in [-0.3, -0.25) is 24.1 Å². The summed E-state index contributed by atoms with van der Waals surface area (Å²) in [4.78, 5) is 56.6. The summed E-state index contributed by atoms with van der Waals surface area (Å²) in [5.74, 6) is -2.17. The van der Waals surface area contributed by atoms with Crippen LogP contribution in [0.2, 0.25) is 0 Å². The molecule has 4 atom stereocenters. The van der Waals surface area contributed by atoms with E-state index >= 15 is 0 Å². The lowest BCUT2D eigenvalue weighted by Crippen LogP contribution is -2.57. The maximum Gasteiger partial charge on any atom is 0.245 e. The van der Waals surface area contributed by atoms with Crippen molar-refractivity contribution in [3.8, 4) is 0 Å². The molecule has 2 fully saturated rings. The molecular formula is C32H43FN4O6. The third-order valence-corrected chi connectivity index (χ3v) is 7.59. The second kappa shape index (κ2) is 15.7. The summed E-state index contributed by atoms with van der Waals surface area (Å²) in [6.45, 7) is 11.0. The number of carbonyl (C=O) groups is 4. The Balaban J connectivity index is 1.79. The van der Waals surface area contributed by atoms with Gasteiger partial charge in [0, 0.05) is 26.6 Å². The SMILES string of the molecule is C=C/C(F)=C\C=C(/C)CC(NC(=O)C(C)NC(=O)CN1CCOCC1)C(=O)N(C)C(Cc1ccccc1)C(=O)C1(C)CO1. The predicted octanol–water partition coefficient (Wildman–Crippen LogP) is 2.11. The van der Waals surface area contributed by atoms with E-state index in [1.165, 1.54) is 31.0 Å². The molecule has 0 spiro atoms. The number of ether oxygens (including phenoxy) is 2. The number of morpholine rings is 1. The number of benzene rings is 1. The fourth-order valence-corrected chi connectivity index (χ4v) is 4.74. The van der Waals surface area contributed by atoms with Gasteiger partial charge in [-0.1, -0.05) is 48.6 Å². The highest BCUT2D eigenvalue weighted by Gasteiger charge is 2.51. The van der Waals surface area contributed by atoms with Crippen molar-refractivity contribution in [2.24, 2.45) is 0 Å². The Morgan fingerprint density at radius 3 is 2.40 bits per heavy atom. The van der Waals surface area contributed by atoms with E-state index in [9.17, 15) is 23.6 Å². The number of ketones is 1. The van der Waals surface area contributed by atoms with Crippen LogP contribution < -0.4 is 10.6 Å². The molecule has 2 aliphatic heterocycles. The molecule has 0 saturated carbocycles. The van der Waals surface area contributed by atoms with Crippen LogP contribution in [0.3, 0.4) is 0 Å². The van der Waals surface area contributed by atoms with Gasteiger partial charge in [0.25, 0.3) is 0 Å². The van der Waals surface area contributed by atoms with Gasteiger partial charge >= 0.3 is 0 Å². The van der Waals surface area contributed by atoms with Crippen molar-refractivity contribution < 1.29 is 33.0 Å². The lowest BCUT2D eigenvalue weighted by Gasteiger charge is -2.32. The maximum atomic E-state index is 14.0. The average molecular weight is 599 g/mol. The van der Waals surface area contributed by atoms with Gasteiger partial charge in [-0.05, 0) is 44.9 Å². The third kappa shape index (κ3) is 10.2. The molecule has 11 heteroatoms. The average Bonchev–Trinajstić information content (AvgIpc) is 3.76. The van der Waals surface area contributed by atoms with E-state index in [1.54, 1.807) is 13.8 Å². The zero-order valence-corrected chi connectivity index (χ0v) is 25.4. The lowest BCUT2D eigenvalue weighted by atomic mass is 9.93. The molecule has 2 aliphatic rings. The van der Waals surface area contributed by atoms with E-state index in [1.807, 2.05) is 35.2 Å². The molecule has 0 bridgehead atoms. The Morgan fingerprint density at radius 1 is 1.14 bits per heavy atom. The molecule has 43 heavy (non-hydrogen) atoms. The van der Waals surface area contributed by atoms with Crippen LogP contribution in [0.25, 0.3) is 0 Å². The van der Waals surface area contributed by atoms with Gasteiger partial charge in [-0.15, -0.1) is 0 Å². The van der Waals surface area contributed by atoms with E-state index in [0.29, 0.717) is 31.9 Å². The van der Waals surface area contributed by atoms with Gasteiger partial charge in [0.15, 0.2) is 5.78 Å². The van der Waals surface area contributed by atoms with Crippen LogP contribution in [0.4, 0.5) is 4.39 Å². The first-order valence-electron chi connectivity index (χ1n) is 14.5. The lowest BCUT2D eigenvalue weighted by molar-refractivity contribution is -0.142. The van der Waals surface area contributed by atoms with Gasteiger partial charge in [0.2, 0.25) is 17.7 Å². The van der Waals surface area contributed by atoms with E-state index in [-0.39, 0.29) is 37.7 Å². The van der Waals surface area contributed by atoms with Crippen molar-refractivity contribution >= 4 is 23.5 Å². The van der Waals surface area contributed by atoms with Crippen LogP contribution >= 0.6 is 0 Å². The molecule has 0 aliphatic carbocycles.